The van der Waals surface area contributed by atoms with Crippen LogP contribution in [-0.2, 0) is 25.4 Å². The van der Waals surface area contributed by atoms with Gasteiger partial charge in [-0.1, -0.05) is 19.1 Å². The molecule has 0 radical (unpaired) electrons. The average Bonchev–Trinajstić information content (AvgIpc) is 2.84. The minimum absolute atomic E-state index is 0.107. The number of aliphatic hydroxyl groups excluding tert-OH is 2. The Bertz CT molecular complexity index is 930. The molecule has 2 saturated heterocycles. The summed E-state index contributed by atoms with van der Waals surface area (Å²) < 4.78 is 22.9. The molecule has 36 heavy (non-hydrogen) atoms. The highest BCUT2D eigenvalue weighted by Crippen LogP contribution is 2.49. The summed E-state index contributed by atoms with van der Waals surface area (Å²) in [4.78, 5) is 11.8. The first kappa shape index (κ1) is 27.4. The number of carbonyl (C=O) groups excluding carboxylic acids is 1. The molecule has 0 bridgehead atoms. The Morgan fingerprint density at radius 1 is 1.19 bits per heavy atom. The molecule has 1 aromatic carbocycles. The number of hydrogen-bond acceptors (Lipinski definition) is 10. The van der Waals surface area contributed by atoms with Crippen molar-refractivity contribution < 1.29 is 44.2 Å². The van der Waals surface area contributed by atoms with Gasteiger partial charge in [0.05, 0.1) is 37.0 Å². The van der Waals surface area contributed by atoms with Crippen LogP contribution in [0, 0.1) is 5.92 Å². The molecule has 10 atom stereocenters. The molecule has 2 heterocycles. The number of methoxy groups -OCH3 is 1. The van der Waals surface area contributed by atoms with Gasteiger partial charge in [0.2, 0.25) is 12.1 Å². The summed E-state index contributed by atoms with van der Waals surface area (Å²) in [5, 5.41) is 48.4. The fourth-order valence-electron chi connectivity index (χ4n) is 6.09. The van der Waals surface area contributed by atoms with Gasteiger partial charge in [0, 0.05) is 12.3 Å². The van der Waals surface area contributed by atoms with Crippen LogP contribution in [0.4, 0.5) is 0 Å². The van der Waals surface area contributed by atoms with Gasteiger partial charge < -0.3 is 44.7 Å². The minimum atomic E-state index is -2.21. The number of rotatable bonds is 7. The molecular formula is C26H39NO9. The van der Waals surface area contributed by atoms with Crippen molar-refractivity contribution >= 4 is 5.97 Å². The zero-order valence-electron chi connectivity index (χ0n) is 21.3. The summed E-state index contributed by atoms with van der Waals surface area (Å²) >= 11 is 0. The standard InChI is InChI=1S/C26H39NO9/c1-5-17-19(28)18(27-3)21-22(20(17)29)35-24-26(32,36-21)25(31,13-14(2)34-24)11-7-9-15-8-6-10-16(12-15)23(30)33-4/h6,8,10,12,14,17-22,24,27-29,31-32H,5,7,9,11,13H2,1-4H3/t14-,17-,18+,19+,20+,21?,22?,24?,25+,26-/m1/s1. The lowest BCUT2D eigenvalue weighted by Crippen LogP contribution is -2.78. The third kappa shape index (κ3) is 4.69. The summed E-state index contributed by atoms with van der Waals surface area (Å²) in [5.74, 6) is -3.07. The quantitative estimate of drug-likeness (QED) is 0.329. The van der Waals surface area contributed by atoms with Crippen molar-refractivity contribution in [1.82, 2.24) is 5.32 Å². The van der Waals surface area contributed by atoms with E-state index in [9.17, 15) is 25.2 Å². The third-order valence-corrected chi connectivity index (χ3v) is 8.03. The Morgan fingerprint density at radius 3 is 2.61 bits per heavy atom. The van der Waals surface area contributed by atoms with Crippen molar-refractivity contribution in [3.63, 3.8) is 0 Å². The number of nitrogens with one attached hydrogen (secondary N) is 1. The van der Waals surface area contributed by atoms with E-state index in [1.807, 2.05) is 13.0 Å². The number of hydrogen-bond donors (Lipinski definition) is 5. The zero-order valence-corrected chi connectivity index (χ0v) is 21.3. The van der Waals surface area contributed by atoms with E-state index in [1.165, 1.54) is 7.11 Å². The molecule has 10 nitrogen and oxygen atoms in total. The number of aliphatic hydroxyl groups is 4. The van der Waals surface area contributed by atoms with Crippen molar-refractivity contribution in [3.05, 3.63) is 35.4 Å². The number of benzene rings is 1. The molecule has 1 aliphatic carbocycles. The van der Waals surface area contributed by atoms with E-state index in [1.54, 1.807) is 32.2 Å². The fourth-order valence-corrected chi connectivity index (χ4v) is 6.09. The van der Waals surface area contributed by atoms with Gasteiger partial charge in [-0.3, -0.25) is 0 Å². The maximum atomic E-state index is 11.8. The highest BCUT2D eigenvalue weighted by molar-refractivity contribution is 5.89. The molecular weight excluding hydrogens is 470 g/mol. The topological polar surface area (TPSA) is 147 Å². The van der Waals surface area contributed by atoms with E-state index in [4.69, 9.17) is 18.9 Å². The molecule has 1 aromatic rings. The lowest BCUT2D eigenvalue weighted by Gasteiger charge is -2.60. The first-order chi connectivity index (χ1) is 17.1. The Kier molecular flexibility index (Phi) is 8.09. The maximum absolute atomic E-state index is 11.8. The predicted molar refractivity (Wildman–Crippen MR) is 128 cm³/mol. The Labute approximate surface area is 211 Å². The molecule has 3 aliphatic rings. The number of fused-ring (bicyclic) bond motifs is 2. The van der Waals surface area contributed by atoms with Crippen LogP contribution in [0.1, 0.15) is 55.5 Å². The smallest absolute Gasteiger partial charge is 0.337 e. The monoisotopic (exact) mass is 509 g/mol. The normalized spacial score (nSPS) is 42.3. The van der Waals surface area contributed by atoms with Crippen LogP contribution in [-0.4, -0.2) is 94.8 Å². The van der Waals surface area contributed by atoms with Gasteiger partial charge in [-0.05, 0) is 57.4 Å². The summed E-state index contributed by atoms with van der Waals surface area (Å²) in [7, 11) is 3.00. The zero-order chi connectivity index (χ0) is 26.3. The van der Waals surface area contributed by atoms with Gasteiger partial charge in [-0.15, -0.1) is 0 Å². The van der Waals surface area contributed by atoms with Gasteiger partial charge >= 0.3 is 5.97 Å². The van der Waals surface area contributed by atoms with Crippen LogP contribution in [0.3, 0.4) is 0 Å². The van der Waals surface area contributed by atoms with Gasteiger partial charge in [-0.2, -0.15) is 0 Å². The summed E-state index contributed by atoms with van der Waals surface area (Å²) in [6, 6.07) is 6.46. The highest BCUT2D eigenvalue weighted by Gasteiger charge is 2.68. The summed E-state index contributed by atoms with van der Waals surface area (Å²) in [5.41, 5.74) is -0.374. The van der Waals surface area contributed by atoms with Gasteiger partial charge in [0.15, 0.2) is 0 Å². The van der Waals surface area contributed by atoms with Crippen molar-refractivity contribution in [2.75, 3.05) is 14.2 Å². The first-order valence-corrected chi connectivity index (χ1v) is 12.7. The number of esters is 1. The fraction of sp³-hybridized carbons (Fsp3) is 0.731. The van der Waals surface area contributed by atoms with Crippen LogP contribution in [0.15, 0.2) is 24.3 Å². The molecule has 3 unspecified atom stereocenters. The second kappa shape index (κ2) is 10.6. The molecule has 1 saturated carbocycles. The molecule has 202 valence electrons. The molecule has 0 aromatic heterocycles. The maximum Gasteiger partial charge on any atom is 0.337 e. The largest absolute Gasteiger partial charge is 0.465 e. The van der Waals surface area contributed by atoms with Crippen LogP contribution in [0.25, 0.3) is 0 Å². The van der Waals surface area contributed by atoms with E-state index in [2.05, 4.69) is 5.32 Å². The molecule has 0 amide bonds. The van der Waals surface area contributed by atoms with Crippen LogP contribution >= 0.6 is 0 Å². The Balaban J connectivity index is 1.54. The van der Waals surface area contributed by atoms with E-state index in [-0.39, 0.29) is 12.8 Å². The van der Waals surface area contributed by atoms with Crippen LogP contribution in [0.2, 0.25) is 0 Å². The van der Waals surface area contributed by atoms with Gasteiger partial charge in [0.25, 0.3) is 0 Å². The van der Waals surface area contributed by atoms with E-state index in [0.29, 0.717) is 24.8 Å². The molecule has 10 heteroatoms. The molecule has 3 fully saturated rings. The van der Waals surface area contributed by atoms with Gasteiger partial charge in [0.1, 0.15) is 17.8 Å². The van der Waals surface area contributed by atoms with Crippen LogP contribution < -0.4 is 5.32 Å². The summed E-state index contributed by atoms with van der Waals surface area (Å²) in [6.07, 6.45) is -3.63. The Hall–Kier alpha value is -1.63. The Morgan fingerprint density at radius 2 is 1.94 bits per heavy atom. The lowest BCUT2D eigenvalue weighted by molar-refractivity contribution is -0.485. The molecule has 5 N–H and O–H groups in total. The van der Waals surface area contributed by atoms with Crippen molar-refractivity contribution in [1.29, 1.82) is 0 Å². The highest BCUT2D eigenvalue weighted by atomic mass is 16.8. The first-order valence-electron chi connectivity index (χ1n) is 12.7. The van der Waals surface area contributed by atoms with Crippen molar-refractivity contribution in [2.24, 2.45) is 5.92 Å². The van der Waals surface area contributed by atoms with Gasteiger partial charge in [-0.25, -0.2) is 4.79 Å². The third-order valence-electron chi connectivity index (χ3n) is 8.03. The number of aryl methyl sites for hydroxylation is 1. The SMILES string of the molecule is CC[C@@H]1[C@H](O)[C@H](NC)C2O[C@]3(O)C(OC2[C@H]1O)O[C@H](C)C[C@@]3(O)CCCc1cccc(C(=O)OC)c1. The molecule has 4 rings (SSSR count). The van der Waals surface area contributed by atoms with Crippen molar-refractivity contribution in [2.45, 2.75) is 100 Å². The lowest BCUT2D eigenvalue weighted by atomic mass is 9.73. The number of ether oxygens (including phenoxy) is 4. The van der Waals surface area contributed by atoms with Crippen molar-refractivity contribution in [3.8, 4) is 0 Å². The predicted octanol–water partition coefficient (Wildman–Crippen LogP) is 0.484. The number of likely N-dealkylation sites (N-methyl/N-ethyl adjacent to an activating group) is 1. The number of carbonyl (C=O) groups is 1. The van der Waals surface area contributed by atoms with Crippen LogP contribution in [0.5, 0.6) is 0 Å². The minimum Gasteiger partial charge on any atom is -0.465 e. The summed E-state index contributed by atoms with van der Waals surface area (Å²) in [6.45, 7) is 3.66. The van der Waals surface area contributed by atoms with E-state index in [0.717, 1.165) is 5.56 Å². The second-order valence-electron chi connectivity index (χ2n) is 10.3. The molecule has 0 spiro atoms. The van der Waals surface area contributed by atoms with E-state index >= 15 is 0 Å². The second-order valence-corrected chi connectivity index (χ2v) is 10.3. The molecule has 2 aliphatic heterocycles. The van der Waals surface area contributed by atoms with E-state index < -0.39 is 66.1 Å². The average molecular weight is 510 g/mol.